The highest BCUT2D eigenvalue weighted by Crippen LogP contribution is 2.26. The maximum atomic E-state index is 12.4. The quantitative estimate of drug-likeness (QED) is 0.663. The Balaban J connectivity index is 2.26. The van der Waals surface area contributed by atoms with Crippen molar-refractivity contribution in [1.82, 2.24) is 0 Å². The van der Waals surface area contributed by atoms with Crippen LogP contribution >= 0.6 is 15.9 Å². The van der Waals surface area contributed by atoms with Crippen LogP contribution in [0, 0.1) is 0 Å². The van der Waals surface area contributed by atoms with Gasteiger partial charge in [-0.2, -0.15) is 0 Å². The lowest BCUT2D eigenvalue weighted by molar-refractivity contribution is 0.0993. The van der Waals surface area contributed by atoms with Crippen molar-refractivity contribution in [2.24, 2.45) is 0 Å². The van der Waals surface area contributed by atoms with Crippen molar-refractivity contribution in [2.75, 3.05) is 20.0 Å². The molecule has 0 unspecified atom stereocenters. The molecule has 4 nitrogen and oxygen atoms in total. The fourth-order valence-electron chi connectivity index (χ4n) is 2.00. The third-order valence-corrected chi connectivity index (χ3v) is 3.94. The van der Waals surface area contributed by atoms with Crippen LogP contribution in [0.5, 0.6) is 11.5 Å². The number of carbonyl (C=O) groups is 1. The van der Waals surface area contributed by atoms with Crippen molar-refractivity contribution < 1.29 is 14.3 Å². The topological polar surface area (TPSA) is 61.5 Å². The summed E-state index contributed by atoms with van der Waals surface area (Å²) in [6, 6.07) is 10.6. The summed E-state index contributed by atoms with van der Waals surface area (Å²) in [6.07, 6.45) is 0.244. The zero-order chi connectivity index (χ0) is 15.4. The van der Waals surface area contributed by atoms with Gasteiger partial charge in [0.2, 0.25) is 0 Å². The van der Waals surface area contributed by atoms with E-state index in [1.165, 1.54) is 0 Å². The number of nitrogen functional groups attached to an aromatic ring is 1. The predicted octanol–water partition coefficient (Wildman–Crippen LogP) is 3.47. The smallest absolute Gasteiger partial charge is 0.169 e. The van der Waals surface area contributed by atoms with Crippen LogP contribution in [0.4, 0.5) is 5.69 Å². The van der Waals surface area contributed by atoms with Crippen LogP contribution in [-0.4, -0.2) is 20.0 Å². The Kier molecular flexibility index (Phi) is 4.85. The number of halogens is 1. The van der Waals surface area contributed by atoms with E-state index >= 15 is 0 Å². The fraction of sp³-hybridized carbons (Fsp3) is 0.188. The normalized spacial score (nSPS) is 10.2. The first-order valence-electron chi connectivity index (χ1n) is 6.34. The summed E-state index contributed by atoms with van der Waals surface area (Å²) < 4.78 is 11.1. The number of ether oxygens (including phenoxy) is 2. The molecule has 110 valence electrons. The van der Waals surface area contributed by atoms with Gasteiger partial charge in [-0.15, -0.1) is 0 Å². The molecule has 0 aliphatic rings. The first-order chi connectivity index (χ1) is 10.0. The summed E-state index contributed by atoms with van der Waals surface area (Å²) in [5.41, 5.74) is 7.67. The average molecular weight is 350 g/mol. The number of methoxy groups -OCH3 is 2. The Labute approximate surface area is 132 Å². The third-order valence-electron chi connectivity index (χ3n) is 3.16. The lowest BCUT2D eigenvalue weighted by atomic mass is 10.0. The molecule has 5 heteroatoms. The summed E-state index contributed by atoms with van der Waals surface area (Å²) >= 11 is 3.44. The van der Waals surface area contributed by atoms with Gasteiger partial charge in [0.1, 0.15) is 11.5 Å². The molecule has 21 heavy (non-hydrogen) atoms. The van der Waals surface area contributed by atoms with Crippen LogP contribution in [0.25, 0.3) is 0 Å². The van der Waals surface area contributed by atoms with E-state index in [0.29, 0.717) is 22.7 Å². The van der Waals surface area contributed by atoms with Gasteiger partial charge in [-0.05, 0) is 35.9 Å². The fourth-order valence-corrected chi connectivity index (χ4v) is 2.39. The molecule has 0 atom stereocenters. The van der Waals surface area contributed by atoms with Crippen molar-refractivity contribution in [3.8, 4) is 11.5 Å². The SMILES string of the molecule is COc1ccc(C(=O)Cc2cc(OC)ccc2Br)c(N)c1. The Bertz CT molecular complexity index is 671. The number of Topliss-reactive ketones (excluding diaryl/α,β-unsaturated/α-hetero) is 1. The molecule has 0 aromatic heterocycles. The monoisotopic (exact) mass is 349 g/mol. The second-order valence-electron chi connectivity index (χ2n) is 4.51. The van der Waals surface area contributed by atoms with Gasteiger partial charge in [0.25, 0.3) is 0 Å². The summed E-state index contributed by atoms with van der Waals surface area (Å²) in [7, 11) is 3.15. The van der Waals surface area contributed by atoms with Crippen LogP contribution in [0.3, 0.4) is 0 Å². The number of ketones is 1. The second-order valence-corrected chi connectivity index (χ2v) is 5.36. The van der Waals surface area contributed by atoms with Gasteiger partial charge in [-0.25, -0.2) is 0 Å². The highest BCUT2D eigenvalue weighted by Gasteiger charge is 2.13. The van der Waals surface area contributed by atoms with E-state index in [1.807, 2.05) is 18.2 Å². The molecule has 0 aliphatic carbocycles. The van der Waals surface area contributed by atoms with E-state index in [0.717, 1.165) is 10.0 Å². The highest BCUT2D eigenvalue weighted by atomic mass is 79.9. The minimum absolute atomic E-state index is 0.0518. The maximum absolute atomic E-state index is 12.4. The van der Waals surface area contributed by atoms with Gasteiger partial charge in [-0.3, -0.25) is 4.79 Å². The molecule has 0 bridgehead atoms. The number of anilines is 1. The number of hydrogen-bond donors (Lipinski definition) is 1. The lowest BCUT2D eigenvalue weighted by Gasteiger charge is -2.09. The molecule has 2 N–H and O–H groups in total. The van der Waals surface area contributed by atoms with Crippen LogP contribution in [-0.2, 0) is 6.42 Å². The summed E-state index contributed by atoms with van der Waals surface area (Å²) in [6.45, 7) is 0. The lowest BCUT2D eigenvalue weighted by Crippen LogP contribution is -2.08. The van der Waals surface area contributed by atoms with Gasteiger partial charge < -0.3 is 15.2 Å². The predicted molar refractivity (Wildman–Crippen MR) is 86.1 cm³/mol. The Hall–Kier alpha value is -2.01. The minimum atomic E-state index is -0.0518. The maximum Gasteiger partial charge on any atom is 0.169 e. The van der Waals surface area contributed by atoms with Crippen molar-refractivity contribution in [3.63, 3.8) is 0 Å². The molecule has 2 rings (SSSR count). The van der Waals surface area contributed by atoms with E-state index in [1.54, 1.807) is 32.4 Å². The summed E-state index contributed by atoms with van der Waals surface area (Å²) in [5.74, 6) is 1.29. The van der Waals surface area contributed by atoms with Crippen LogP contribution in [0.2, 0.25) is 0 Å². The van der Waals surface area contributed by atoms with E-state index in [2.05, 4.69) is 15.9 Å². The van der Waals surface area contributed by atoms with E-state index in [9.17, 15) is 4.79 Å². The summed E-state index contributed by atoms with van der Waals surface area (Å²) in [4.78, 5) is 12.4. The molecular formula is C16H16BrNO3. The molecule has 0 saturated heterocycles. The number of hydrogen-bond acceptors (Lipinski definition) is 4. The summed E-state index contributed by atoms with van der Waals surface area (Å²) in [5, 5.41) is 0. The van der Waals surface area contributed by atoms with Crippen molar-refractivity contribution in [2.45, 2.75) is 6.42 Å². The molecule has 0 aliphatic heterocycles. The minimum Gasteiger partial charge on any atom is -0.497 e. The van der Waals surface area contributed by atoms with Gasteiger partial charge >= 0.3 is 0 Å². The van der Waals surface area contributed by atoms with E-state index < -0.39 is 0 Å². The standard InChI is InChI=1S/C16H16BrNO3/c1-20-11-4-6-14(17)10(7-11)8-16(19)13-5-3-12(21-2)9-15(13)18/h3-7,9H,8,18H2,1-2H3. The van der Waals surface area contributed by atoms with Crippen molar-refractivity contribution >= 4 is 27.4 Å². The molecule has 0 fully saturated rings. The Morgan fingerprint density at radius 2 is 1.71 bits per heavy atom. The molecule has 0 amide bonds. The van der Waals surface area contributed by atoms with E-state index in [4.69, 9.17) is 15.2 Å². The largest absolute Gasteiger partial charge is 0.497 e. The second kappa shape index (κ2) is 6.63. The van der Waals surface area contributed by atoms with Crippen LogP contribution in [0.15, 0.2) is 40.9 Å². The number of benzene rings is 2. The van der Waals surface area contributed by atoms with Crippen LogP contribution < -0.4 is 15.2 Å². The number of rotatable bonds is 5. The van der Waals surface area contributed by atoms with Gasteiger partial charge in [0, 0.05) is 28.2 Å². The van der Waals surface area contributed by atoms with Crippen LogP contribution in [0.1, 0.15) is 15.9 Å². The molecular weight excluding hydrogens is 334 g/mol. The van der Waals surface area contributed by atoms with Gasteiger partial charge in [0.05, 0.1) is 14.2 Å². The molecule has 0 saturated carbocycles. The molecule has 0 spiro atoms. The first kappa shape index (κ1) is 15.4. The Morgan fingerprint density at radius 1 is 1.10 bits per heavy atom. The number of nitrogens with two attached hydrogens (primary N) is 1. The first-order valence-corrected chi connectivity index (χ1v) is 7.13. The number of carbonyl (C=O) groups excluding carboxylic acids is 1. The third kappa shape index (κ3) is 3.55. The molecule has 2 aromatic carbocycles. The highest BCUT2D eigenvalue weighted by molar-refractivity contribution is 9.10. The van der Waals surface area contributed by atoms with Gasteiger partial charge in [-0.1, -0.05) is 15.9 Å². The molecule has 2 aromatic rings. The molecule has 0 heterocycles. The van der Waals surface area contributed by atoms with E-state index in [-0.39, 0.29) is 12.2 Å². The van der Waals surface area contributed by atoms with Crippen molar-refractivity contribution in [3.05, 3.63) is 52.0 Å². The Morgan fingerprint density at radius 3 is 2.33 bits per heavy atom. The zero-order valence-corrected chi connectivity index (χ0v) is 13.4. The average Bonchev–Trinajstić information content (AvgIpc) is 2.49. The van der Waals surface area contributed by atoms with Crippen molar-refractivity contribution in [1.29, 1.82) is 0 Å². The zero-order valence-electron chi connectivity index (χ0n) is 11.9. The molecule has 0 radical (unpaired) electrons. The van der Waals surface area contributed by atoms with Gasteiger partial charge in [0.15, 0.2) is 5.78 Å².